The standard InChI is InChI=1S/C24H14.C13H9N.C12H8N2.2C9H7N.C8H6N2.C8H7N.C8H6O.C8H6S/c1-2-14-5-6-16-9-11-18-12-10-17-8-7-15-4-3-13(1)19-20(14)22(16)24(18)23(17)21(15)19;1-3-7-12-10(5-1)9-11-6-2-4-8-13(11)14-12;1-2-6-10-9(5-1)13-11-7-3-4-8-12(11)14-10;1-2-6-9-8(4-1)5-3-7-10-9;1-2-4-9-7-10-6-5-8(9)3-1;1-2-4-8-7(3-1)9-5-6-10-8;3*1-2-4-8-7(3-1)5-6-9-8/h1-9,12H,10-11H2;1-9H;1-8H;2*1-7H;1-6H;1-6,9H;2*1-6H. The molecule has 8 heterocycles. The van der Waals surface area contributed by atoms with Crippen LogP contribution < -0.4 is 5.22 Å². The van der Waals surface area contributed by atoms with Crippen LogP contribution in [-0.2, 0) is 6.42 Å². The first-order valence-electron chi connectivity index (χ1n) is 36.4. The van der Waals surface area contributed by atoms with Gasteiger partial charge in [-0.1, -0.05) is 237 Å². The molecule has 8 aromatic heterocycles. The van der Waals surface area contributed by atoms with Crippen LogP contribution >= 0.6 is 11.3 Å². The minimum atomic E-state index is 0.949. The molecule has 0 radical (unpaired) electrons. The maximum Gasteiger partial charge on any atom is 0.133 e. The molecule has 0 atom stereocenters. The lowest BCUT2D eigenvalue weighted by molar-refractivity contribution is 0.616. The Labute approximate surface area is 632 Å². The highest BCUT2D eigenvalue weighted by atomic mass is 32.1. The van der Waals surface area contributed by atoms with Gasteiger partial charge in [-0.3, -0.25) is 19.9 Å². The fourth-order valence-electron chi connectivity index (χ4n) is 14.2. The van der Waals surface area contributed by atoms with Crippen LogP contribution in [0.1, 0.15) is 17.5 Å². The highest BCUT2D eigenvalue weighted by Gasteiger charge is 2.25. The summed E-state index contributed by atoms with van der Waals surface area (Å²) in [6.45, 7) is 0. The van der Waals surface area contributed by atoms with E-state index in [1.807, 2.05) is 219 Å². The molecule has 15 aromatic carbocycles. The van der Waals surface area contributed by atoms with Gasteiger partial charge >= 0.3 is 0 Å². The normalized spacial score (nSPS) is 11.5. The van der Waals surface area contributed by atoms with E-state index in [1.54, 1.807) is 30.0 Å². The summed E-state index contributed by atoms with van der Waals surface area (Å²) in [6.07, 6.45) is 19.5. The molecule has 0 unspecified atom stereocenters. The molecule has 23 aromatic rings. The van der Waals surface area contributed by atoms with E-state index >= 15 is 0 Å². The van der Waals surface area contributed by atoms with Crippen LogP contribution in [0, 0.1) is 0 Å². The number of furan rings is 1. The Morgan fingerprint density at radius 2 is 0.798 bits per heavy atom. The van der Waals surface area contributed by atoms with Crippen LogP contribution in [-0.4, -0.2) is 39.9 Å². The third kappa shape index (κ3) is 15.1. The first-order valence-corrected chi connectivity index (χ1v) is 37.3. The van der Waals surface area contributed by atoms with Crippen LogP contribution in [0.25, 0.3) is 163 Å². The van der Waals surface area contributed by atoms with Gasteiger partial charge in [0.2, 0.25) is 0 Å². The number of fused-ring (bicyclic) bond motifs is 10. The number of rotatable bonds is 0. The third-order valence-electron chi connectivity index (χ3n) is 19.5. The van der Waals surface area contributed by atoms with Crippen LogP contribution in [0.2, 0.25) is 0 Å². The number of hydrogen-bond acceptors (Lipinski definition) is 9. The summed E-state index contributed by atoms with van der Waals surface area (Å²) in [5, 5.41) is 24.9. The van der Waals surface area contributed by atoms with E-state index in [0.717, 1.165) is 73.5 Å². The number of H-pyrrole nitrogens is 1. The summed E-state index contributed by atoms with van der Waals surface area (Å²) in [5.41, 5.74) is 15.6. The Bertz CT molecular complexity index is 6250. The molecule has 109 heavy (non-hydrogen) atoms. The summed E-state index contributed by atoms with van der Waals surface area (Å²) in [7, 11) is 0. The van der Waals surface area contributed by atoms with Crippen molar-refractivity contribution in [2.75, 3.05) is 0 Å². The third-order valence-corrected chi connectivity index (χ3v) is 20.4. The maximum atomic E-state index is 5.12. The number of allylic oxidation sites excluding steroid dienone is 2. The highest BCUT2D eigenvalue weighted by molar-refractivity contribution is 7.17. The monoisotopic (exact) mass is 1420 g/mol. The average Bonchev–Trinajstić information content (AvgIpc) is 1.45. The molecule has 0 amide bonds. The number of aromatic nitrogens is 8. The molecule has 2 aliphatic carbocycles. The van der Waals surface area contributed by atoms with Crippen molar-refractivity contribution in [3.05, 3.63) is 405 Å². The number of nitrogens with one attached hydrogen (secondary N) is 1. The topological polar surface area (TPSA) is 119 Å². The van der Waals surface area contributed by atoms with Crippen molar-refractivity contribution in [1.82, 2.24) is 39.9 Å². The van der Waals surface area contributed by atoms with Crippen molar-refractivity contribution in [2.45, 2.75) is 12.8 Å². The second kappa shape index (κ2) is 32.0. The molecule has 0 saturated heterocycles. The van der Waals surface area contributed by atoms with Gasteiger partial charge in [0, 0.05) is 68.9 Å². The lowest BCUT2D eigenvalue weighted by Gasteiger charge is -2.26. The highest BCUT2D eigenvalue weighted by Crippen LogP contribution is 2.48. The molecule has 25 rings (SSSR count). The molecule has 9 nitrogen and oxygen atoms in total. The summed E-state index contributed by atoms with van der Waals surface area (Å²) in [5.74, 6) is 0. The van der Waals surface area contributed by atoms with E-state index in [2.05, 4.69) is 197 Å². The Morgan fingerprint density at radius 1 is 0.303 bits per heavy atom. The minimum Gasteiger partial charge on any atom is -0.464 e. The van der Waals surface area contributed by atoms with Crippen molar-refractivity contribution >= 4 is 175 Å². The van der Waals surface area contributed by atoms with Gasteiger partial charge in [-0.15, -0.1) is 11.3 Å². The minimum absolute atomic E-state index is 0.949. The summed E-state index contributed by atoms with van der Waals surface area (Å²) in [4.78, 5) is 33.2. The molecule has 2 aliphatic rings. The molecule has 0 fully saturated rings. The second-order valence-corrected chi connectivity index (χ2v) is 27.2. The van der Waals surface area contributed by atoms with E-state index in [-0.39, 0.29) is 0 Å². The predicted molar refractivity (Wildman–Crippen MR) is 459 cm³/mol. The first-order chi connectivity index (χ1) is 54.1. The van der Waals surface area contributed by atoms with E-state index in [1.165, 1.54) is 113 Å². The summed E-state index contributed by atoms with van der Waals surface area (Å²) in [6, 6.07) is 114. The van der Waals surface area contributed by atoms with Gasteiger partial charge in [-0.25, -0.2) is 15.0 Å². The summed E-state index contributed by atoms with van der Waals surface area (Å²) >= 11 is 1.79. The SMILES string of the molecule is C1=C2CC=c3ccc4ccc5ccc6ccc(c7c2c3c4c5c67)C1.c1ccc2[nH]ccc2c1.c1ccc2cnccc2c1.c1ccc2nc3ccccc3cc2c1.c1ccc2nc3ccccc3nc2c1.c1ccc2ncccc2c1.c1ccc2nccnc2c1.c1ccc2occc2c1.c1ccc2sccc2c1. The zero-order valence-electron chi connectivity index (χ0n) is 59.4. The van der Waals surface area contributed by atoms with E-state index in [9.17, 15) is 0 Å². The molecular formula is C99H70N8OS. The average molecular weight is 1420 g/mol. The largest absolute Gasteiger partial charge is 0.464 e. The zero-order chi connectivity index (χ0) is 72.9. The number of hydrogen-bond donors (Lipinski definition) is 1. The lowest BCUT2D eigenvalue weighted by atomic mass is 9.77. The van der Waals surface area contributed by atoms with E-state index in [4.69, 9.17) is 4.42 Å². The fourth-order valence-corrected chi connectivity index (χ4v) is 15.0. The Hall–Kier alpha value is -14.2. The Balaban J connectivity index is 0.0000000919. The van der Waals surface area contributed by atoms with Crippen molar-refractivity contribution in [1.29, 1.82) is 0 Å². The maximum absolute atomic E-state index is 5.12. The number of nitrogens with zero attached hydrogens (tertiary/aromatic N) is 7. The van der Waals surface area contributed by atoms with Gasteiger partial charge < -0.3 is 9.40 Å². The predicted octanol–water partition coefficient (Wildman–Crippen LogP) is 25.4. The number of aromatic amines is 1. The lowest BCUT2D eigenvalue weighted by Crippen LogP contribution is -2.13. The second-order valence-electron chi connectivity index (χ2n) is 26.3. The molecule has 518 valence electrons. The fraction of sp³-hybridized carbons (Fsp3) is 0.0202. The van der Waals surface area contributed by atoms with Gasteiger partial charge in [0.05, 0.1) is 55.9 Å². The number of para-hydroxylation sites is 11. The Morgan fingerprint density at radius 3 is 1.43 bits per heavy atom. The summed E-state index contributed by atoms with van der Waals surface area (Å²) < 4.78 is 6.49. The molecule has 0 aliphatic heterocycles. The molecule has 0 bridgehead atoms. The molecule has 0 spiro atoms. The quantitative estimate of drug-likeness (QED) is 0.118. The molecule has 0 saturated carbocycles. The first kappa shape index (κ1) is 68.0. The van der Waals surface area contributed by atoms with Crippen molar-refractivity contribution in [2.24, 2.45) is 0 Å². The van der Waals surface area contributed by atoms with Crippen LogP contribution in [0.3, 0.4) is 0 Å². The zero-order valence-corrected chi connectivity index (χ0v) is 60.2. The van der Waals surface area contributed by atoms with Gasteiger partial charge in [0.1, 0.15) is 5.58 Å². The van der Waals surface area contributed by atoms with Crippen molar-refractivity contribution in [3.8, 4) is 0 Å². The van der Waals surface area contributed by atoms with Crippen molar-refractivity contribution in [3.63, 3.8) is 0 Å². The molecule has 10 heteroatoms. The van der Waals surface area contributed by atoms with Crippen LogP contribution in [0.15, 0.2) is 393 Å². The number of benzene rings is 15. The molecule has 1 N–H and O–H groups in total. The van der Waals surface area contributed by atoms with E-state index < -0.39 is 0 Å². The van der Waals surface area contributed by atoms with Crippen molar-refractivity contribution < 1.29 is 4.42 Å². The van der Waals surface area contributed by atoms with E-state index in [0.29, 0.717) is 0 Å². The smallest absolute Gasteiger partial charge is 0.133 e. The Kier molecular flexibility index (Phi) is 20.0. The van der Waals surface area contributed by atoms with Gasteiger partial charge in [-0.05, 0) is 214 Å². The van der Waals surface area contributed by atoms with Gasteiger partial charge in [0.25, 0.3) is 0 Å². The van der Waals surface area contributed by atoms with Gasteiger partial charge in [-0.2, -0.15) is 0 Å². The van der Waals surface area contributed by atoms with Crippen LogP contribution in [0.5, 0.6) is 0 Å². The van der Waals surface area contributed by atoms with Gasteiger partial charge in [0.15, 0.2) is 0 Å². The number of thiophene rings is 1. The molecular weight excluding hydrogens is 1350 g/mol. The number of pyridine rings is 3. The van der Waals surface area contributed by atoms with Crippen LogP contribution in [0.4, 0.5) is 0 Å².